The van der Waals surface area contributed by atoms with Gasteiger partial charge in [0, 0.05) is 18.7 Å². The average Bonchev–Trinajstić information content (AvgIpc) is 2.39. The molecule has 0 aliphatic heterocycles. The number of amides is 1. The number of hydrogen-bond acceptors (Lipinski definition) is 3. The highest BCUT2D eigenvalue weighted by molar-refractivity contribution is 5.94. The number of carbonyl (C=O) groups excluding carboxylic acids is 1. The average molecular weight is 265 g/mol. The van der Waals surface area contributed by atoms with Crippen LogP contribution in [0.4, 0.5) is 0 Å². The molecule has 0 N–H and O–H groups in total. The van der Waals surface area contributed by atoms with Crippen molar-refractivity contribution in [1.29, 1.82) is 0 Å². The van der Waals surface area contributed by atoms with Crippen molar-refractivity contribution in [3.63, 3.8) is 0 Å². The zero-order valence-corrected chi connectivity index (χ0v) is 12.4. The Morgan fingerprint density at radius 2 is 1.84 bits per heavy atom. The summed E-state index contributed by atoms with van der Waals surface area (Å²) in [6, 6.07) is 5.30. The van der Waals surface area contributed by atoms with Gasteiger partial charge in [-0.05, 0) is 45.9 Å². The maximum absolute atomic E-state index is 12.2. The molecule has 1 amide bonds. The zero-order valence-electron chi connectivity index (χ0n) is 12.4. The van der Waals surface area contributed by atoms with E-state index in [1.54, 1.807) is 30.2 Å². The summed E-state index contributed by atoms with van der Waals surface area (Å²) in [5.74, 6) is 1.26. The maximum Gasteiger partial charge on any atom is 0.253 e. The predicted octanol–water partition coefficient (Wildman–Crippen LogP) is 2.96. The molecule has 0 saturated heterocycles. The predicted molar refractivity (Wildman–Crippen MR) is 76.0 cm³/mol. The zero-order chi connectivity index (χ0) is 14.4. The van der Waals surface area contributed by atoms with Gasteiger partial charge < -0.3 is 14.4 Å². The van der Waals surface area contributed by atoms with Crippen molar-refractivity contribution in [2.75, 3.05) is 20.2 Å². The standard InChI is InChI=1S/C15H23NO3/c1-6-16(7-2)15(17)12-8-9-13(19-11(3)4)14(10-12)18-5/h8-11H,6-7H2,1-5H3. The van der Waals surface area contributed by atoms with Crippen molar-refractivity contribution in [3.8, 4) is 11.5 Å². The van der Waals surface area contributed by atoms with Gasteiger partial charge >= 0.3 is 0 Å². The molecular formula is C15H23NO3. The minimum absolute atomic E-state index is 0.0133. The van der Waals surface area contributed by atoms with Crippen molar-refractivity contribution in [2.45, 2.75) is 33.8 Å². The van der Waals surface area contributed by atoms with E-state index in [1.165, 1.54) is 0 Å². The molecule has 0 radical (unpaired) electrons. The molecule has 0 aliphatic carbocycles. The molecule has 0 fully saturated rings. The van der Waals surface area contributed by atoms with Gasteiger partial charge in [0.25, 0.3) is 5.91 Å². The Morgan fingerprint density at radius 1 is 1.21 bits per heavy atom. The van der Waals surface area contributed by atoms with Gasteiger partial charge in [-0.1, -0.05) is 0 Å². The van der Waals surface area contributed by atoms with E-state index in [0.717, 1.165) is 0 Å². The second-order valence-electron chi connectivity index (χ2n) is 4.51. The van der Waals surface area contributed by atoms with E-state index in [4.69, 9.17) is 9.47 Å². The van der Waals surface area contributed by atoms with Crippen molar-refractivity contribution in [2.24, 2.45) is 0 Å². The summed E-state index contributed by atoms with van der Waals surface area (Å²) in [5.41, 5.74) is 0.622. The summed E-state index contributed by atoms with van der Waals surface area (Å²) >= 11 is 0. The highest BCUT2D eigenvalue weighted by atomic mass is 16.5. The fourth-order valence-corrected chi connectivity index (χ4v) is 1.85. The number of benzene rings is 1. The van der Waals surface area contributed by atoms with E-state index in [9.17, 15) is 4.79 Å². The summed E-state index contributed by atoms with van der Waals surface area (Å²) in [5, 5.41) is 0. The smallest absolute Gasteiger partial charge is 0.253 e. The highest BCUT2D eigenvalue weighted by Crippen LogP contribution is 2.29. The molecule has 0 aliphatic rings. The molecule has 106 valence electrons. The van der Waals surface area contributed by atoms with Crippen LogP contribution in [-0.4, -0.2) is 37.1 Å². The monoisotopic (exact) mass is 265 g/mol. The molecule has 1 aromatic rings. The third-order valence-corrected chi connectivity index (χ3v) is 2.82. The molecule has 4 nitrogen and oxygen atoms in total. The summed E-state index contributed by atoms with van der Waals surface area (Å²) in [4.78, 5) is 14.0. The normalized spacial score (nSPS) is 10.4. The van der Waals surface area contributed by atoms with Crippen LogP contribution < -0.4 is 9.47 Å². The van der Waals surface area contributed by atoms with E-state index in [1.807, 2.05) is 27.7 Å². The molecule has 0 aromatic heterocycles. The SMILES string of the molecule is CCN(CC)C(=O)c1ccc(OC(C)C)c(OC)c1. The third-order valence-electron chi connectivity index (χ3n) is 2.82. The number of methoxy groups -OCH3 is 1. The van der Waals surface area contributed by atoms with Crippen LogP contribution >= 0.6 is 0 Å². The minimum atomic E-state index is 0.0133. The molecular weight excluding hydrogens is 242 g/mol. The van der Waals surface area contributed by atoms with Crippen LogP contribution in [0.15, 0.2) is 18.2 Å². The molecule has 1 aromatic carbocycles. The maximum atomic E-state index is 12.2. The number of rotatable bonds is 6. The van der Waals surface area contributed by atoms with Gasteiger partial charge in [0.15, 0.2) is 11.5 Å². The van der Waals surface area contributed by atoms with Crippen LogP contribution in [0.1, 0.15) is 38.1 Å². The molecule has 4 heteroatoms. The second-order valence-corrected chi connectivity index (χ2v) is 4.51. The number of ether oxygens (including phenoxy) is 2. The van der Waals surface area contributed by atoms with Crippen LogP contribution in [0.2, 0.25) is 0 Å². The lowest BCUT2D eigenvalue weighted by Crippen LogP contribution is -2.30. The van der Waals surface area contributed by atoms with Crippen LogP contribution in [0, 0.1) is 0 Å². The van der Waals surface area contributed by atoms with E-state index in [-0.39, 0.29) is 12.0 Å². The van der Waals surface area contributed by atoms with E-state index in [0.29, 0.717) is 30.2 Å². The Hall–Kier alpha value is -1.71. The van der Waals surface area contributed by atoms with Gasteiger partial charge in [0.1, 0.15) is 0 Å². The topological polar surface area (TPSA) is 38.8 Å². The Balaban J connectivity index is 3.02. The number of nitrogens with zero attached hydrogens (tertiary/aromatic N) is 1. The van der Waals surface area contributed by atoms with Crippen molar-refractivity contribution in [1.82, 2.24) is 4.90 Å². The quantitative estimate of drug-likeness (QED) is 0.793. The fraction of sp³-hybridized carbons (Fsp3) is 0.533. The summed E-state index contributed by atoms with van der Waals surface area (Å²) < 4.78 is 10.9. The van der Waals surface area contributed by atoms with Gasteiger partial charge in [0.2, 0.25) is 0 Å². The largest absolute Gasteiger partial charge is 0.493 e. The first kappa shape index (κ1) is 15.3. The van der Waals surface area contributed by atoms with Crippen LogP contribution in [0.5, 0.6) is 11.5 Å². The van der Waals surface area contributed by atoms with Gasteiger partial charge in [-0.3, -0.25) is 4.79 Å². The summed E-state index contributed by atoms with van der Waals surface area (Å²) in [6.07, 6.45) is 0.0678. The summed E-state index contributed by atoms with van der Waals surface area (Å²) in [6.45, 7) is 9.23. The first-order valence-corrected chi connectivity index (χ1v) is 6.67. The third kappa shape index (κ3) is 3.88. The molecule has 0 unspecified atom stereocenters. The van der Waals surface area contributed by atoms with Crippen LogP contribution in [0.25, 0.3) is 0 Å². The first-order valence-electron chi connectivity index (χ1n) is 6.67. The molecule has 0 atom stereocenters. The Labute approximate surface area is 115 Å². The minimum Gasteiger partial charge on any atom is -0.493 e. The van der Waals surface area contributed by atoms with E-state index >= 15 is 0 Å². The first-order chi connectivity index (χ1) is 9.03. The van der Waals surface area contributed by atoms with Gasteiger partial charge in [0.05, 0.1) is 13.2 Å². The lowest BCUT2D eigenvalue weighted by atomic mass is 10.1. The molecule has 0 heterocycles. The lowest BCUT2D eigenvalue weighted by Gasteiger charge is -2.20. The van der Waals surface area contributed by atoms with Crippen molar-refractivity contribution in [3.05, 3.63) is 23.8 Å². The Kier molecular flexibility index (Phi) is 5.67. The van der Waals surface area contributed by atoms with Crippen LogP contribution in [0.3, 0.4) is 0 Å². The fourth-order valence-electron chi connectivity index (χ4n) is 1.85. The van der Waals surface area contributed by atoms with Crippen molar-refractivity contribution < 1.29 is 14.3 Å². The Bertz CT molecular complexity index is 425. The highest BCUT2D eigenvalue weighted by Gasteiger charge is 2.15. The lowest BCUT2D eigenvalue weighted by molar-refractivity contribution is 0.0772. The van der Waals surface area contributed by atoms with E-state index in [2.05, 4.69) is 0 Å². The second kappa shape index (κ2) is 7.02. The van der Waals surface area contributed by atoms with Gasteiger partial charge in [-0.25, -0.2) is 0 Å². The van der Waals surface area contributed by atoms with Gasteiger partial charge in [-0.2, -0.15) is 0 Å². The number of carbonyl (C=O) groups is 1. The Morgan fingerprint density at radius 3 is 2.32 bits per heavy atom. The van der Waals surface area contributed by atoms with Crippen molar-refractivity contribution >= 4 is 5.91 Å². The molecule has 0 spiro atoms. The number of hydrogen-bond donors (Lipinski definition) is 0. The molecule has 0 saturated carbocycles. The summed E-state index contributed by atoms with van der Waals surface area (Å²) in [7, 11) is 1.58. The molecule has 0 bridgehead atoms. The van der Waals surface area contributed by atoms with E-state index < -0.39 is 0 Å². The molecule has 19 heavy (non-hydrogen) atoms. The molecule has 1 rings (SSSR count). The van der Waals surface area contributed by atoms with Crippen LogP contribution in [-0.2, 0) is 0 Å². The van der Waals surface area contributed by atoms with Gasteiger partial charge in [-0.15, -0.1) is 0 Å².